The number of nitrogens with zero attached hydrogens (tertiary/aromatic N) is 3. The van der Waals surface area contributed by atoms with Gasteiger partial charge in [0.25, 0.3) is 0 Å². The minimum atomic E-state index is -3.25. The molecule has 0 N–H and O–H groups in total. The minimum absolute atomic E-state index is 0.105. The average molecular weight is 360 g/mol. The smallest absolute Gasteiger partial charge is 0.224 e. The Kier molecular flexibility index (Phi) is 4.55. The number of hydrogen-bond donors (Lipinski definition) is 0. The van der Waals surface area contributed by atoms with Gasteiger partial charge in [-0.1, -0.05) is 6.92 Å². The van der Waals surface area contributed by atoms with E-state index in [1.807, 2.05) is 0 Å². The summed E-state index contributed by atoms with van der Waals surface area (Å²) in [6, 6.07) is 1.97. The molecule has 1 atom stereocenters. The molecule has 6 nitrogen and oxygen atoms in total. The zero-order valence-corrected chi connectivity index (χ0v) is 15.0. The molecule has 8 heteroatoms. The molecule has 2 aliphatic rings. The second-order valence-electron chi connectivity index (χ2n) is 6.25. The van der Waals surface area contributed by atoms with Crippen LogP contribution in [0.25, 0.3) is 0 Å². The van der Waals surface area contributed by atoms with E-state index in [0.717, 1.165) is 6.42 Å². The predicted molar refractivity (Wildman–Crippen MR) is 89.7 cm³/mol. The molecule has 0 unspecified atom stereocenters. The van der Waals surface area contributed by atoms with Crippen molar-refractivity contribution in [3.05, 3.63) is 17.0 Å². The summed E-state index contributed by atoms with van der Waals surface area (Å²) in [5, 5.41) is 0.105. The van der Waals surface area contributed by atoms with Crippen molar-refractivity contribution in [2.45, 2.75) is 43.9 Å². The summed E-state index contributed by atoms with van der Waals surface area (Å²) in [7, 11) is -3.25. The molecule has 0 radical (unpaired) electrons. The highest BCUT2D eigenvalue weighted by molar-refractivity contribution is 7.92. The molecular weight excluding hydrogens is 338 g/mol. The second-order valence-corrected chi connectivity index (χ2v) is 9.18. The van der Waals surface area contributed by atoms with Crippen LogP contribution in [0.2, 0.25) is 5.28 Å². The van der Waals surface area contributed by atoms with Crippen molar-refractivity contribution in [2.75, 3.05) is 30.4 Å². The van der Waals surface area contributed by atoms with E-state index in [0.29, 0.717) is 44.1 Å². The molecule has 23 heavy (non-hydrogen) atoms. The summed E-state index contributed by atoms with van der Waals surface area (Å²) in [4.78, 5) is 10.7. The van der Waals surface area contributed by atoms with E-state index in [-0.39, 0.29) is 17.1 Å². The summed E-state index contributed by atoms with van der Waals surface area (Å²) in [5.41, 5.74) is 0.541. The highest BCUT2D eigenvalue weighted by Gasteiger charge is 2.50. The first-order chi connectivity index (χ1) is 10.9. The van der Waals surface area contributed by atoms with E-state index in [2.05, 4.69) is 21.8 Å². The van der Waals surface area contributed by atoms with Crippen LogP contribution < -0.4 is 4.90 Å². The number of hydrogen-bond acceptors (Lipinski definition) is 6. The van der Waals surface area contributed by atoms with E-state index >= 15 is 0 Å². The van der Waals surface area contributed by atoms with Crippen LogP contribution in [0.5, 0.6) is 0 Å². The summed E-state index contributed by atoms with van der Waals surface area (Å²) in [6.07, 6.45) is 2.10. The fraction of sp³-hybridized carbons (Fsp3) is 0.733. The maximum atomic E-state index is 12.6. The number of rotatable bonds is 4. The van der Waals surface area contributed by atoms with Crippen molar-refractivity contribution in [3.63, 3.8) is 0 Å². The number of aromatic nitrogens is 2. The molecule has 1 aliphatic heterocycles. The van der Waals surface area contributed by atoms with Crippen molar-refractivity contribution >= 4 is 27.3 Å². The normalized spacial score (nSPS) is 24.3. The molecule has 0 aromatic carbocycles. The summed E-state index contributed by atoms with van der Waals surface area (Å²) >= 11 is 6.12. The molecule has 1 aromatic rings. The molecule has 128 valence electrons. The predicted octanol–water partition coefficient (Wildman–Crippen LogP) is 2.17. The van der Waals surface area contributed by atoms with Gasteiger partial charge in [-0.3, -0.25) is 0 Å². The molecule has 2 heterocycles. The van der Waals surface area contributed by atoms with E-state index < -0.39 is 14.6 Å². The van der Waals surface area contributed by atoms with E-state index in [1.165, 1.54) is 0 Å². The average Bonchev–Trinajstić information content (AvgIpc) is 2.45. The van der Waals surface area contributed by atoms with Gasteiger partial charge < -0.3 is 9.64 Å². The zero-order chi connectivity index (χ0) is 16.7. The third kappa shape index (κ3) is 2.83. The van der Waals surface area contributed by atoms with Crippen LogP contribution in [0, 0.1) is 0 Å². The largest absolute Gasteiger partial charge is 0.377 e. The quantitative estimate of drug-likeness (QED) is 0.767. The molecule has 1 aliphatic carbocycles. The number of ether oxygens (including phenoxy) is 1. The van der Waals surface area contributed by atoms with E-state index in [1.54, 1.807) is 13.0 Å². The Morgan fingerprint density at radius 3 is 2.74 bits per heavy atom. The third-order valence-electron chi connectivity index (χ3n) is 4.95. The molecule has 0 amide bonds. The Labute approximate surface area is 142 Å². The van der Waals surface area contributed by atoms with Crippen molar-refractivity contribution in [2.24, 2.45) is 0 Å². The van der Waals surface area contributed by atoms with Crippen LogP contribution in [0.1, 0.15) is 38.8 Å². The second kappa shape index (κ2) is 6.18. The van der Waals surface area contributed by atoms with Gasteiger partial charge in [-0.05, 0) is 37.8 Å². The first-order valence-corrected chi connectivity index (χ1v) is 10.0. The fourth-order valence-corrected chi connectivity index (χ4v) is 5.42. The van der Waals surface area contributed by atoms with E-state index in [9.17, 15) is 8.42 Å². The Morgan fingerprint density at radius 1 is 1.43 bits per heavy atom. The van der Waals surface area contributed by atoms with Crippen molar-refractivity contribution < 1.29 is 13.2 Å². The Hall–Kier alpha value is -0.920. The SMILES string of the molecule is CCS(=O)(=O)C1(c2cc(N3CCOC[C@@H]3C)nc(Cl)n2)CCC1. The molecule has 1 saturated carbocycles. The Balaban J connectivity index is 2.04. The maximum absolute atomic E-state index is 12.6. The zero-order valence-electron chi connectivity index (χ0n) is 13.5. The fourth-order valence-electron chi connectivity index (χ4n) is 3.35. The monoisotopic (exact) mass is 359 g/mol. The lowest BCUT2D eigenvalue weighted by atomic mass is 9.81. The third-order valence-corrected chi connectivity index (χ3v) is 7.69. The molecule has 1 aromatic heterocycles. The van der Waals surface area contributed by atoms with Gasteiger partial charge in [0.15, 0.2) is 9.84 Å². The summed E-state index contributed by atoms with van der Waals surface area (Å²) in [6.45, 7) is 5.69. The standard InChI is InChI=1S/C15H22ClN3O3S/c1-3-23(20,21)15(5-4-6-15)12-9-13(18-14(16)17-12)19-7-8-22-10-11(19)2/h9,11H,3-8,10H2,1-2H3/t11-/m0/s1. The van der Waals surface area contributed by atoms with Crippen LogP contribution in [0.15, 0.2) is 6.07 Å². The highest BCUT2D eigenvalue weighted by Crippen LogP contribution is 2.48. The van der Waals surface area contributed by atoms with Gasteiger partial charge in [0, 0.05) is 18.4 Å². The number of anilines is 1. The highest BCUT2D eigenvalue weighted by atomic mass is 35.5. The van der Waals surface area contributed by atoms with Crippen molar-refractivity contribution in [1.82, 2.24) is 9.97 Å². The van der Waals surface area contributed by atoms with Gasteiger partial charge >= 0.3 is 0 Å². The summed E-state index contributed by atoms with van der Waals surface area (Å²) in [5.74, 6) is 0.797. The molecule has 3 rings (SSSR count). The van der Waals surface area contributed by atoms with Crippen LogP contribution in [0.4, 0.5) is 5.82 Å². The number of sulfone groups is 1. The van der Waals surface area contributed by atoms with Crippen LogP contribution in [-0.2, 0) is 19.3 Å². The van der Waals surface area contributed by atoms with Gasteiger partial charge in [0.05, 0.1) is 24.9 Å². The van der Waals surface area contributed by atoms with E-state index in [4.69, 9.17) is 16.3 Å². The minimum Gasteiger partial charge on any atom is -0.377 e. The van der Waals surface area contributed by atoms with Crippen LogP contribution in [0.3, 0.4) is 0 Å². The van der Waals surface area contributed by atoms with Gasteiger partial charge in [-0.15, -0.1) is 0 Å². The Morgan fingerprint density at radius 2 is 2.17 bits per heavy atom. The lowest BCUT2D eigenvalue weighted by Crippen LogP contribution is -2.46. The van der Waals surface area contributed by atoms with Crippen molar-refractivity contribution in [1.29, 1.82) is 0 Å². The molecular formula is C15H22ClN3O3S. The first kappa shape index (κ1) is 16.9. The van der Waals surface area contributed by atoms with Gasteiger partial charge in [0.1, 0.15) is 10.6 Å². The van der Waals surface area contributed by atoms with Gasteiger partial charge in [-0.25, -0.2) is 18.4 Å². The number of morpholine rings is 1. The molecule has 0 spiro atoms. The molecule has 0 bridgehead atoms. The topological polar surface area (TPSA) is 72.4 Å². The van der Waals surface area contributed by atoms with Crippen LogP contribution >= 0.6 is 11.6 Å². The van der Waals surface area contributed by atoms with Crippen molar-refractivity contribution in [3.8, 4) is 0 Å². The molecule has 2 fully saturated rings. The first-order valence-electron chi connectivity index (χ1n) is 8.01. The lowest BCUT2D eigenvalue weighted by Gasteiger charge is -2.41. The Bertz CT molecular complexity index is 691. The summed E-state index contributed by atoms with van der Waals surface area (Å²) < 4.78 is 29.8. The van der Waals surface area contributed by atoms with Gasteiger partial charge in [-0.2, -0.15) is 0 Å². The van der Waals surface area contributed by atoms with Crippen LogP contribution in [-0.4, -0.2) is 49.9 Å². The van der Waals surface area contributed by atoms with Gasteiger partial charge in [0.2, 0.25) is 5.28 Å². The lowest BCUT2D eigenvalue weighted by molar-refractivity contribution is 0.0985. The maximum Gasteiger partial charge on any atom is 0.224 e. The molecule has 1 saturated heterocycles. The number of halogens is 1.